The van der Waals surface area contributed by atoms with Crippen molar-refractivity contribution in [3.63, 3.8) is 0 Å². The van der Waals surface area contributed by atoms with Crippen LogP contribution in [0.2, 0.25) is 5.02 Å². The van der Waals surface area contributed by atoms with Crippen LogP contribution in [0.1, 0.15) is 19.0 Å². The van der Waals surface area contributed by atoms with Gasteiger partial charge in [-0.2, -0.15) is 0 Å². The molecule has 0 aliphatic carbocycles. The number of hydrogen-bond acceptors (Lipinski definition) is 4. The number of aliphatic hydroxyl groups excluding tert-OH is 1. The summed E-state index contributed by atoms with van der Waals surface area (Å²) in [5.74, 6) is 1.20. The number of halogens is 1. The highest BCUT2D eigenvalue weighted by Gasteiger charge is 2.24. The smallest absolute Gasteiger partial charge is 0.126 e. The summed E-state index contributed by atoms with van der Waals surface area (Å²) in [6, 6.07) is 3.72. The van der Waals surface area contributed by atoms with Gasteiger partial charge in [0, 0.05) is 20.1 Å². The van der Waals surface area contributed by atoms with Gasteiger partial charge < -0.3 is 10.4 Å². The zero-order chi connectivity index (χ0) is 13.1. The van der Waals surface area contributed by atoms with Crippen LogP contribution in [0.4, 0.5) is 5.82 Å². The first-order valence-corrected chi connectivity index (χ1v) is 6.71. The van der Waals surface area contributed by atoms with Gasteiger partial charge in [0.1, 0.15) is 5.82 Å². The summed E-state index contributed by atoms with van der Waals surface area (Å²) in [6.45, 7) is 4.47. The molecule has 1 aromatic heterocycles. The molecule has 1 aliphatic heterocycles. The molecule has 0 radical (unpaired) electrons. The second-order valence-corrected chi connectivity index (χ2v) is 5.35. The molecule has 1 saturated heterocycles. The fourth-order valence-electron chi connectivity index (χ4n) is 2.20. The maximum absolute atomic E-state index is 9.89. The lowest BCUT2D eigenvalue weighted by Crippen LogP contribution is -2.42. The SMILES string of the molecule is CNc1ccc(Cl)c(CN2CCC(C)C(O)C2)n1. The van der Waals surface area contributed by atoms with Gasteiger partial charge in [-0.25, -0.2) is 4.98 Å². The van der Waals surface area contributed by atoms with E-state index in [0.717, 1.165) is 24.5 Å². The molecule has 0 amide bonds. The van der Waals surface area contributed by atoms with E-state index in [-0.39, 0.29) is 6.10 Å². The maximum atomic E-state index is 9.89. The van der Waals surface area contributed by atoms with Crippen molar-refractivity contribution in [2.45, 2.75) is 26.0 Å². The van der Waals surface area contributed by atoms with Crippen molar-refractivity contribution in [3.05, 3.63) is 22.8 Å². The van der Waals surface area contributed by atoms with E-state index in [1.54, 1.807) is 0 Å². The van der Waals surface area contributed by atoms with Gasteiger partial charge in [0.05, 0.1) is 16.8 Å². The van der Waals surface area contributed by atoms with Gasteiger partial charge in [0.15, 0.2) is 0 Å². The summed E-state index contributed by atoms with van der Waals surface area (Å²) in [4.78, 5) is 6.67. The second-order valence-electron chi connectivity index (χ2n) is 4.94. The minimum atomic E-state index is -0.245. The fourth-order valence-corrected chi connectivity index (χ4v) is 2.37. The summed E-state index contributed by atoms with van der Waals surface area (Å²) in [5, 5.41) is 13.6. The molecule has 5 heteroatoms. The van der Waals surface area contributed by atoms with E-state index in [2.05, 4.69) is 22.1 Å². The summed E-state index contributed by atoms with van der Waals surface area (Å²) in [5.41, 5.74) is 0.866. The minimum Gasteiger partial charge on any atom is -0.392 e. The number of piperidine rings is 1. The van der Waals surface area contributed by atoms with E-state index >= 15 is 0 Å². The van der Waals surface area contributed by atoms with E-state index in [1.807, 2.05) is 19.2 Å². The Labute approximate surface area is 113 Å². The van der Waals surface area contributed by atoms with E-state index in [0.29, 0.717) is 24.0 Å². The van der Waals surface area contributed by atoms with Gasteiger partial charge in [0.2, 0.25) is 0 Å². The highest BCUT2D eigenvalue weighted by atomic mass is 35.5. The zero-order valence-corrected chi connectivity index (χ0v) is 11.6. The molecule has 0 aromatic carbocycles. The van der Waals surface area contributed by atoms with Crippen LogP contribution in [0, 0.1) is 5.92 Å². The third kappa shape index (κ3) is 3.13. The molecule has 2 N–H and O–H groups in total. The van der Waals surface area contributed by atoms with E-state index < -0.39 is 0 Å². The number of nitrogens with one attached hydrogen (secondary N) is 1. The number of pyridine rings is 1. The van der Waals surface area contributed by atoms with Crippen LogP contribution in [0.25, 0.3) is 0 Å². The average Bonchev–Trinajstić information content (AvgIpc) is 2.36. The molecule has 100 valence electrons. The Morgan fingerprint density at radius 1 is 1.56 bits per heavy atom. The van der Waals surface area contributed by atoms with E-state index in [1.165, 1.54) is 0 Å². The molecule has 4 nitrogen and oxygen atoms in total. The van der Waals surface area contributed by atoms with Crippen LogP contribution < -0.4 is 5.32 Å². The molecule has 0 bridgehead atoms. The number of β-amino-alcohol motifs (C(OH)–C–C–N with tert-alkyl or cyclic N) is 1. The van der Waals surface area contributed by atoms with Crippen molar-refractivity contribution < 1.29 is 5.11 Å². The highest BCUT2D eigenvalue weighted by Crippen LogP contribution is 2.22. The third-order valence-corrected chi connectivity index (χ3v) is 3.90. The molecule has 0 saturated carbocycles. The van der Waals surface area contributed by atoms with Crippen molar-refractivity contribution in [2.75, 3.05) is 25.5 Å². The molecule has 2 unspecified atom stereocenters. The van der Waals surface area contributed by atoms with Crippen molar-refractivity contribution in [2.24, 2.45) is 5.92 Å². The Balaban J connectivity index is 2.05. The standard InChI is InChI=1S/C13H20ClN3O/c1-9-5-6-17(8-12(9)18)7-11-10(14)3-4-13(15-2)16-11/h3-4,9,12,18H,5-8H2,1-2H3,(H,15,16). The molecule has 0 spiro atoms. The molecular formula is C13H20ClN3O. The lowest BCUT2D eigenvalue weighted by Gasteiger charge is -2.34. The number of rotatable bonds is 3. The maximum Gasteiger partial charge on any atom is 0.126 e. The molecule has 2 atom stereocenters. The van der Waals surface area contributed by atoms with Gasteiger partial charge in [-0.3, -0.25) is 4.90 Å². The molecule has 18 heavy (non-hydrogen) atoms. The van der Waals surface area contributed by atoms with Crippen molar-refractivity contribution in [1.29, 1.82) is 0 Å². The number of hydrogen-bond donors (Lipinski definition) is 2. The number of aliphatic hydroxyl groups is 1. The predicted octanol–water partition coefficient (Wildman–Crippen LogP) is 1.98. The minimum absolute atomic E-state index is 0.245. The first-order chi connectivity index (χ1) is 8.60. The predicted molar refractivity (Wildman–Crippen MR) is 73.9 cm³/mol. The quantitative estimate of drug-likeness (QED) is 0.881. The van der Waals surface area contributed by atoms with E-state index in [9.17, 15) is 5.11 Å². The van der Waals surface area contributed by atoms with Crippen LogP contribution in [-0.2, 0) is 6.54 Å². The van der Waals surface area contributed by atoms with Gasteiger partial charge in [0.25, 0.3) is 0 Å². The van der Waals surface area contributed by atoms with Gasteiger partial charge in [-0.1, -0.05) is 18.5 Å². The first kappa shape index (κ1) is 13.6. The average molecular weight is 270 g/mol. The van der Waals surface area contributed by atoms with Crippen LogP contribution in [0.5, 0.6) is 0 Å². The lowest BCUT2D eigenvalue weighted by atomic mass is 9.96. The van der Waals surface area contributed by atoms with Crippen molar-refractivity contribution in [1.82, 2.24) is 9.88 Å². The number of nitrogens with zero attached hydrogens (tertiary/aromatic N) is 2. The monoisotopic (exact) mass is 269 g/mol. The number of anilines is 1. The largest absolute Gasteiger partial charge is 0.392 e. The second kappa shape index (κ2) is 5.87. The topological polar surface area (TPSA) is 48.4 Å². The summed E-state index contributed by atoms with van der Waals surface area (Å²) in [7, 11) is 1.84. The molecule has 2 rings (SSSR count). The van der Waals surface area contributed by atoms with E-state index in [4.69, 9.17) is 11.6 Å². The molecule has 1 aliphatic rings. The van der Waals surface area contributed by atoms with Gasteiger partial charge in [-0.15, -0.1) is 0 Å². The third-order valence-electron chi connectivity index (χ3n) is 3.55. The summed E-state index contributed by atoms with van der Waals surface area (Å²) < 4.78 is 0. The summed E-state index contributed by atoms with van der Waals surface area (Å²) >= 11 is 6.16. The molecule has 1 fully saturated rings. The Kier molecular flexibility index (Phi) is 4.43. The van der Waals surface area contributed by atoms with Crippen LogP contribution in [0.15, 0.2) is 12.1 Å². The highest BCUT2D eigenvalue weighted by molar-refractivity contribution is 6.31. The normalized spacial score (nSPS) is 25.1. The van der Waals surface area contributed by atoms with Gasteiger partial charge >= 0.3 is 0 Å². The van der Waals surface area contributed by atoms with Crippen LogP contribution >= 0.6 is 11.6 Å². The van der Waals surface area contributed by atoms with Crippen LogP contribution in [-0.4, -0.2) is 41.2 Å². The molecular weight excluding hydrogens is 250 g/mol. The lowest BCUT2D eigenvalue weighted by molar-refractivity contribution is 0.0255. The fraction of sp³-hybridized carbons (Fsp3) is 0.615. The Morgan fingerprint density at radius 2 is 2.33 bits per heavy atom. The summed E-state index contributed by atoms with van der Waals surface area (Å²) in [6.07, 6.45) is 0.773. The Hall–Kier alpha value is -0.840. The number of aromatic nitrogens is 1. The Bertz CT molecular complexity index is 413. The molecule has 2 heterocycles. The molecule has 1 aromatic rings. The Morgan fingerprint density at radius 3 is 3.00 bits per heavy atom. The van der Waals surface area contributed by atoms with Gasteiger partial charge in [-0.05, 0) is 31.0 Å². The van der Waals surface area contributed by atoms with Crippen molar-refractivity contribution in [3.8, 4) is 0 Å². The zero-order valence-electron chi connectivity index (χ0n) is 10.9. The van der Waals surface area contributed by atoms with Crippen LogP contribution in [0.3, 0.4) is 0 Å². The number of likely N-dealkylation sites (tertiary alicyclic amines) is 1. The first-order valence-electron chi connectivity index (χ1n) is 6.33. The van der Waals surface area contributed by atoms with Crippen molar-refractivity contribution >= 4 is 17.4 Å².